The summed E-state index contributed by atoms with van der Waals surface area (Å²) in [7, 11) is 0. The zero-order chi connectivity index (χ0) is 14.5. The summed E-state index contributed by atoms with van der Waals surface area (Å²) < 4.78 is 5.73. The molecule has 1 aromatic carbocycles. The molecule has 1 saturated heterocycles. The average Bonchev–Trinajstić information content (AvgIpc) is 2.44. The van der Waals surface area contributed by atoms with Crippen LogP contribution in [-0.4, -0.2) is 37.2 Å². The molecule has 0 aliphatic carbocycles. The molecule has 0 bridgehead atoms. The van der Waals surface area contributed by atoms with E-state index in [4.69, 9.17) is 10.5 Å². The lowest BCUT2D eigenvalue weighted by molar-refractivity contribution is 0.00446. The highest BCUT2D eigenvalue weighted by molar-refractivity contribution is 5.33. The van der Waals surface area contributed by atoms with Crippen molar-refractivity contribution in [1.82, 2.24) is 4.90 Å². The van der Waals surface area contributed by atoms with E-state index >= 15 is 0 Å². The van der Waals surface area contributed by atoms with Gasteiger partial charge in [-0.15, -0.1) is 0 Å². The second-order valence-corrected chi connectivity index (χ2v) is 5.80. The first-order valence-corrected chi connectivity index (χ1v) is 7.78. The summed E-state index contributed by atoms with van der Waals surface area (Å²) in [6.07, 6.45) is 2.68. The minimum Gasteiger partial charge on any atom is -0.378 e. The molecule has 2 N–H and O–H groups in total. The summed E-state index contributed by atoms with van der Waals surface area (Å²) in [4.78, 5) is 2.52. The number of benzene rings is 1. The van der Waals surface area contributed by atoms with Gasteiger partial charge in [0.15, 0.2) is 0 Å². The predicted octanol–water partition coefficient (Wildman–Crippen LogP) is 2.80. The van der Waals surface area contributed by atoms with Gasteiger partial charge in [-0.05, 0) is 44.7 Å². The van der Waals surface area contributed by atoms with Crippen LogP contribution >= 0.6 is 0 Å². The molecule has 1 fully saturated rings. The maximum atomic E-state index is 6.06. The van der Waals surface area contributed by atoms with Crippen LogP contribution in [0.4, 0.5) is 0 Å². The largest absolute Gasteiger partial charge is 0.378 e. The van der Waals surface area contributed by atoms with Crippen LogP contribution in [0.25, 0.3) is 0 Å². The van der Waals surface area contributed by atoms with Crippen molar-refractivity contribution < 1.29 is 4.74 Å². The van der Waals surface area contributed by atoms with E-state index in [9.17, 15) is 0 Å². The Labute approximate surface area is 123 Å². The number of piperidine rings is 1. The van der Waals surface area contributed by atoms with Gasteiger partial charge in [-0.3, -0.25) is 4.90 Å². The Morgan fingerprint density at radius 2 is 2.00 bits per heavy atom. The zero-order valence-electron chi connectivity index (χ0n) is 13.1. The SMILES string of the molecule is CCOC1CCN(C(CN)c2ccc(C)cc2C)CC1. The van der Waals surface area contributed by atoms with Crippen molar-refractivity contribution in [3.8, 4) is 0 Å². The van der Waals surface area contributed by atoms with Gasteiger partial charge in [0.05, 0.1) is 6.10 Å². The molecule has 1 atom stereocenters. The molecule has 0 aromatic heterocycles. The van der Waals surface area contributed by atoms with Crippen molar-refractivity contribution in [3.63, 3.8) is 0 Å². The summed E-state index contributed by atoms with van der Waals surface area (Å²) in [6, 6.07) is 7.04. The molecule has 3 nitrogen and oxygen atoms in total. The lowest BCUT2D eigenvalue weighted by Gasteiger charge is -2.37. The lowest BCUT2D eigenvalue weighted by Crippen LogP contribution is -2.42. The second-order valence-electron chi connectivity index (χ2n) is 5.80. The molecule has 0 saturated carbocycles. The van der Waals surface area contributed by atoms with Gasteiger partial charge in [0, 0.05) is 32.3 Å². The van der Waals surface area contributed by atoms with E-state index in [1.165, 1.54) is 16.7 Å². The van der Waals surface area contributed by atoms with Crippen molar-refractivity contribution in [2.75, 3.05) is 26.2 Å². The average molecular weight is 276 g/mol. The van der Waals surface area contributed by atoms with Gasteiger partial charge in [0.1, 0.15) is 0 Å². The summed E-state index contributed by atoms with van der Waals surface area (Å²) in [5.41, 5.74) is 10.1. The van der Waals surface area contributed by atoms with Crippen LogP contribution in [0.1, 0.15) is 42.5 Å². The standard InChI is InChI=1S/C17H28N2O/c1-4-20-15-7-9-19(10-8-15)17(12-18)16-6-5-13(2)11-14(16)3/h5-6,11,15,17H,4,7-10,12,18H2,1-3H3. The maximum absolute atomic E-state index is 6.06. The third kappa shape index (κ3) is 3.60. The highest BCUT2D eigenvalue weighted by Gasteiger charge is 2.26. The molecule has 0 spiro atoms. The Kier molecular flexibility index (Phi) is 5.58. The Bertz CT molecular complexity index is 425. The van der Waals surface area contributed by atoms with E-state index in [0.29, 0.717) is 18.7 Å². The van der Waals surface area contributed by atoms with Crippen molar-refractivity contribution in [1.29, 1.82) is 0 Å². The molecule has 1 aliphatic heterocycles. The van der Waals surface area contributed by atoms with Crippen molar-refractivity contribution in [3.05, 3.63) is 34.9 Å². The van der Waals surface area contributed by atoms with Crippen LogP contribution in [0.15, 0.2) is 18.2 Å². The molecule has 2 rings (SSSR count). The Morgan fingerprint density at radius 3 is 2.55 bits per heavy atom. The number of nitrogens with zero attached hydrogens (tertiary/aromatic N) is 1. The van der Waals surface area contributed by atoms with Gasteiger partial charge in [-0.25, -0.2) is 0 Å². The Balaban J connectivity index is 2.05. The van der Waals surface area contributed by atoms with E-state index in [1.807, 2.05) is 0 Å². The van der Waals surface area contributed by atoms with Crippen molar-refractivity contribution >= 4 is 0 Å². The summed E-state index contributed by atoms with van der Waals surface area (Å²) in [5.74, 6) is 0. The van der Waals surface area contributed by atoms with Crippen LogP contribution < -0.4 is 5.73 Å². The number of likely N-dealkylation sites (tertiary alicyclic amines) is 1. The van der Waals surface area contributed by atoms with Gasteiger partial charge < -0.3 is 10.5 Å². The van der Waals surface area contributed by atoms with Crippen LogP contribution in [0.2, 0.25) is 0 Å². The van der Waals surface area contributed by atoms with Gasteiger partial charge in [0.25, 0.3) is 0 Å². The molecular formula is C17H28N2O. The smallest absolute Gasteiger partial charge is 0.0599 e. The van der Waals surface area contributed by atoms with E-state index in [-0.39, 0.29) is 0 Å². The molecule has 112 valence electrons. The molecule has 1 heterocycles. The molecule has 1 aliphatic rings. The first kappa shape index (κ1) is 15.5. The molecule has 0 amide bonds. The van der Waals surface area contributed by atoms with Crippen LogP contribution in [0.5, 0.6) is 0 Å². The zero-order valence-corrected chi connectivity index (χ0v) is 13.1. The third-order valence-corrected chi connectivity index (χ3v) is 4.33. The topological polar surface area (TPSA) is 38.5 Å². The van der Waals surface area contributed by atoms with Crippen LogP contribution in [0, 0.1) is 13.8 Å². The van der Waals surface area contributed by atoms with Gasteiger partial charge in [-0.2, -0.15) is 0 Å². The van der Waals surface area contributed by atoms with Gasteiger partial charge in [0.2, 0.25) is 0 Å². The molecule has 1 unspecified atom stereocenters. The van der Waals surface area contributed by atoms with Crippen molar-refractivity contribution in [2.45, 2.75) is 45.8 Å². The Hall–Kier alpha value is -0.900. The number of aryl methyl sites for hydroxylation is 2. The molecular weight excluding hydrogens is 248 g/mol. The van der Waals surface area contributed by atoms with Crippen LogP contribution in [-0.2, 0) is 4.74 Å². The molecule has 3 heteroatoms. The summed E-state index contributed by atoms with van der Waals surface area (Å²) >= 11 is 0. The molecule has 20 heavy (non-hydrogen) atoms. The molecule has 1 aromatic rings. The van der Waals surface area contributed by atoms with Gasteiger partial charge in [-0.1, -0.05) is 23.8 Å². The number of hydrogen-bond acceptors (Lipinski definition) is 3. The summed E-state index contributed by atoms with van der Waals surface area (Å²) in [5, 5.41) is 0. The highest BCUT2D eigenvalue weighted by Crippen LogP contribution is 2.27. The third-order valence-electron chi connectivity index (χ3n) is 4.33. The number of nitrogens with two attached hydrogens (primary N) is 1. The predicted molar refractivity (Wildman–Crippen MR) is 83.9 cm³/mol. The van der Waals surface area contributed by atoms with Crippen LogP contribution in [0.3, 0.4) is 0 Å². The fraction of sp³-hybridized carbons (Fsp3) is 0.647. The quantitative estimate of drug-likeness (QED) is 0.898. The second kappa shape index (κ2) is 7.21. The Morgan fingerprint density at radius 1 is 1.30 bits per heavy atom. The summed E-state index contributed by atoms with van der Waals surface area (Å²) in [6.45, 7) is 10.1. The maximum Gasteiger partial charge on any atom is 0.0599 e. The minimum absolute atomic E-state index is 0.346. The fourth-order valence-corrected chi connectivity index (χ4v) is 3.26. The number of ether oxygens (including phenoxy) is 1. The van der Waals surface area contributed by atoms with Crippen molar-refractivity contribution in [2.24, 2.45) is 5.73 Å². The molecule has 0 radical (unpaired) electrons. The van der Waals surface area contributed by atoms with E-state index < -0.39 is 0 Å². The minimum atomic E-state index is 0.346. The normalized spacial score (nSPS) is 19.2. The van der Waals surface area contributed by atoms with E-state index in [1.54, 1.807) is 0 Å². The van der Waals surface area contributed by atoms with E-state index in [0.717, 1.165) is 32.5 Å². The monoisotopic (exact) mass is 276 g/mol. The first-order valence-electron chi connectivity index (χ1n) is 7.78. The number of hydrogen-bond donors (Lipinski definition) is 1. The lowest BCUT2D eigenvalue weighted by atomic mass is 9.96. The fourth-order valence-electron chi connectivity index (χ4n) is 3.26. The van der Waals surface area contributed by atoms with E-state index in [2.05, 4.69) is 43.9 Å². The number of rotatable bonds is 5. The highest BCUT2D eigenvalue weighted by atomic mass is 16.5. The first-order chi connectivity index (χ1) is 9.65. The van der Waals surface area contributed by atoms with Gasteiger partial charge >= 0.3 is 0 Å².